The lowest BCUT2D eigenvalue weighted by atomic mass is 10.2. The molecule has 0 heterocycles. The first-order chi connectivity index (χ1) is 8.70. The fourth-order valence-corrected chi connectivity index (χ4v) is 2.51. The monoisotopic (exact) mass is 344 g/mol. The summed E-state index contributed by atoms with van der Waals surface area (Å²) in [5, 5.41) is 0.586. The van der Waals surface area contributed by atoms with Gasteiger partial charge in [-0.25, -0.2) is 0 Å². The second-order valence-electron chi connectivity index (χ2n) is 3.78. The van der Waals surface area contributed by atoms with Crippen LogP contribution in [-0.4, -0.2) is 0 Å². The van der Waals surface area contributed by atoms with Crippen molar-refractivity contribution in [3.05, 3.63) is 63.1 Å². The van der Waals surface area contributed by atoms with Crippen LogP contribution >= 0.6 is 39.1 Å². The van der Waals surface area contributed by atoms with Crippen LogP contribution in [0.3, 0.4) is 0 Å². The van der Waals surface area contributed by atoms with Crippen molar-refractivity contribution in [2.45, 2.75) is 12.5 Å². The van der Waals surface area contributed by atoms with E-state index in [9.17, 15) is 0 Å². The molecule has 18 heavy (non-hydrogen) atoms. The lowest BCUT2D eigenvalue weighted by molar-refractivity contribution is 0.304. The molecule has 0 aliphatic rings. The maximum Gasteiger partial charge on any atom is 0.142 e. The van der Waals surface area contributed by atoms with Gasteiger partial charge in [-0.1, -0.05) is 51.8 Å². The first kappa shape index (κ1) is 13.7. The van der Waals surface area contributed by atoms with Crippen LogP contribution in [0.25, 0.3) is 0 Å². The molecule has 0 spiro atoms. The van der Waals surface area contributed by atoms with E-state index >= 15 is 0 Å². The molecule has 0 amide bonds. The van der Waals surface area contributed by atoms with Crippen molar-refractivity contribution >= 4 is 39.1 Å². The summed E-state index contributed by atoms with van der Waals surface area (Å²) in [7, 11) is 0. The summed E-state index contributed by atoms with van der Waals surface area (Å²) in [5.74, 6) is 1.04. The zero-order chi connectivity index (χ0) is 13.0. The molecule has 0 saturated carbocycles. The molecule has 0 aromatic heterocycles. The normalized spacial score (nSPS) is 10.4. The molecule has 0 fully saturated rings. The predicted octanol–water partition coefficient (Wildman–Crippen LogP) is 5.42. The van der Waals surface area contributed by atoms with Crippen LogP contribution in [0.1, 0.15) is 11.1 Å². The molecule has 2 rings (SSSR count). The molecule has 2 aromatic rings. The molecule has 0 N–H and O–H groups in total. The molecule has 0 aliphatic carbocycles. The summed E-state index contributed by atoms with van der Waals surface area (Å²) < 4.78 is 6.79. The van der Waals surface area contributed by atoms with Gasteiger partial charge in [-0.2, -0.15) is 0 Å². The fraction of sp³-hybridized carbons (Fsp3) is 0.143. The van der Waals surface area contributed by atoms with Crippen molar-refractivity contribution in [2.24, 2.45) is 0 Å². The summed E-state index contributed by atoms with van der Waals surface area (Å²) in [6.07, 6.45) is 0. The van der Waals surface area contributed by atoms with Crippen LogP contribution in [0.2, 0.25) is 5.02 Å². The highest BCUT2D eigenvalue weighted by Crippen LogP contribution is 2.30. The third-order valence-corrected chi connectivity index (χ3v) is 3.54. The van der Waals surface area contributed by atoms with Crippen molar-refractivity contribution in [3.8, 4) is 5.75 Å². The number of rotatable bonds is 4. The molecule has 94 valence electrons. The van der Waals surface area contributed by atoms with Gasteiger partial charge in [0.15, 0.2) is 0 Å². The number of alkyl halides is 1. The van der Waals surface area contributed by atoms with Gasteiger partial charge in [0, 0.05) is 10.0 Å². The van der Waals surface area contributed by atoms with E-state index in [1.807, 2.05) is 36.4 Å². The van der Waals surface area contributed by atoms with Crippen molar-refractivity contribution in [1.29, 1.82) is 0 Å². The third kappa shape index (κ3) is 3.41. The Morgan fingerprint density at radius 3 is 2.61 bits per heavy atom. The van der Waals surface area contributed by atoms with E-state index in [4.69, 9.17) is 27.9 Å². The molecule has 0 unspecified atom stereocenters. The molecule has 0 bridgehead atoms. The second kappa shape index (κ2) is 6.46. The van der Waals surface area contributed by atoms with E-state index in [2.05, 4.69) is 15.9 Å². The predicted molar refractivity (Wildman–Crippen MR) is 79.5 cm³/mol. The minimum Gasteiger partial charge on any atom is -0.487 e. The van der Waals surface area contributed by atoms with Crippen molar-refractivity contribution in [3.63, 3.8) is 0 Å². The third-order valence-electron chi connectivity index (χ3n) is 2.46. The average Bonchev–Trinajstić information content (AvgIpc) is 2.37. The number of halogens is 3. The zero-order valence-electron chi connectivity index (χ0n) is 9.50. The lowest BCUT2D eigenvalue weighted by Crippen LogP contribution is -1.98. The number of hydrogen-bond donors (Lipinski definition) is 0. The minimum absolute atomic E-state index is 0.383. The van der Waals surface area contributed by atoms with Gasteiger partial charge in [-0.15, -0.1) is 11.6 Å². The van der Waals surface area contributed by atoms with Crippen molar-refractivity contribution in [2.75, 3.05) is 0 Å². The number of ether oxygens (including phenoxy) is 1. The summed E-state index contributed by atoms with van der Waals surface area (Å²) in [4.78, 5) is 0. The topological polar surface area (TPSA) is 9.23 Å². The highest BCUT2D eigenvalue weighted by atomic mass is 79.9. The summed E-state index contributed by atoms with van der Waals surface area (Å²) >= 11 is 15.4. The average molecular weight is 346 g/mol. The Morgan fingerprint density at radius 1 is 1.11 bits per heavy atom. The summed E-state index contributed by atoms with van der Waals surface area (Å²) in [5.41, 5.74) is 1.98. The Kier molecular flexibility index (Phi) is 4.93. The Labute approximate surface area is 125 Å². The Balaban J connectivity index is 2.15. The molecule has 4 heteroatoms. The van der Waals surface area contributed by atoms with Crippen LogP contribution in [0.5, 0.6) is 5.75 Å². The maximum atomic E-state index is 6.11. The lowest BCUT2D eigenvalue weighted by Gasteiger charge is -2.11. The maximum absolute atomic E-state index is 6.11. The standard InChI is InChI=1S/C14H11BrCl2O/c15-12-5-1-3-10(7-12)9-18-14-11(8-16)4-2-6-13(14)17/h1-7H,8-9H2. The Morgan fingerprint density at radius 2 is 1.89 bits per heavy atom. The second-order valence-corrected chi connectivity index (χ2v) is 5.37. The van der Waals surface area contributed by atoms with Gasteiger partial charge < -0.3 is 4.74 Å². The molecule has 0 saturated heterocycles. The van der Waals surface area contributed by atoms with Crippen LogP contribution in [0.4, 0.5) is 0 Å². The first-order valence-electron chi connectivity index (χ1n) is 5.41. The highest BCUT2D eigenvalue weighted by molar-refractivity contribution is 9.10. The molecular weight excluding hydrogens is 335 g/mol. The van der Waals surface area contributed by atoms with Gasteiger partial charge in [0.25, 0.3) is 0 Å². The van der Waals surface area contributed by atoms with Crippen LogP contribution in [-0.2, 0) is 12.5 Å². The molecule has 2 aromatic carbocycles. The number of para-hydroxylation sites is 1. The van der Waals surface area contributed by atoms with Gasteiger partial charge in [-0.3, -0.25) is 0 Å². The van der Waals surface area contributed by atoms with Gasteiger partial charge in [0.1, 0.15) is 12.4 Å². The highest BCUT2D eigenvalue weighted by Gasteiger charge is 2.07. The fourth-order valence-electron chi connectivity index (χ4n) is 1.60. The SMILES string of the molecule is ClCc1cccc(Cl)c1OCc1cccc(Br)c1. The Bertz CT molecular complexity index is 543. The van der Waals surface area contributed by atoms with Crippen LogP contribution < -0.4 is 4.74 Å². The molecule has 0 aliphatic heterocycles. The van der Waals surface area contributed by atoms with Gasteiger partial charge in [0.05, 0.1) is 10.9 Å². The van der Waals surface area contributed by atoms with Crippen LogP contribution in [0.15, 0.2) is 46.9 Å². The van der Waals surface area contributed by atoms with E-state index in [1.54, 1.807) is 6.07 Å². The largest absolute Gasteiger partial charge is 0.487 e. The van der Waals surface area contributed by atoms with E-state index in [0.29, 0.717) is 23.3 Å². The molecule has 1 nitrogen and oxygen atoms in total. The summed E-state index contributed by atoms with van der Waals surface area (Å²) in [6, 6.07) is 13.5. The quantitative estimate of drug-likeness (QED) is 0.672. The molecular formula is C14H11BrCl2O. The van der Waals surface area contributed by atoms with Gasteiger partial charge in [0.2, 0.25) is 0 Å². The molecule has 0 radical (unpaired) electrons. The first-order valence-corrected chi connectivity index (χ1v) is 7.12. The van der Waals surface area contributed by atoms with E-state index in [-0.39, 0.29) is 0 Å². The van der Waals surface area contributed by atoms with E-state index < -0.39 is 0 Å². The number of hydrogen-bond acceptors (Lipinski definition) is 1. The van der Waals surface area contributed by atoms with Gasteiger partial charge >= 0.3 is 0 Å². The minimum atomic E-state index is 0.383. The van der Waals surface area contributed by atoms with Crippen molar-refractivity contribution in [1.82, 2.24) is 0 Å². The van der Waals surface area contributed by atoms with Crippen LogP contribution in [0, 0.1) is 0 Å². The van der Waals surface area contributed by atoms with Gasteiger partial charge in [-0.05, 0) is 23.8 Å². The van der Waals surface area contributed by atoms with Crippen molar-refractivity contribution < 1.29 is 4.74 Å². The number of benzene rings is 2. The van der Waals surface area contributed by atoms with E-state index in [0.717, 1.165) is 15.6 Å². The Hall–Kier alpha value is -0.700. The zero-order valence-corrected chi connectivity index (χ0v) is 12.6. The van der Waals surface area contributed by atoms with E-state index in [1.165, 1.54) is 0 Å². The molecule has 0 atom stereocenters. The summed E-state index contributed by atoms with van der Waals surface area (Å²) in [6.45, 7) is 0.465. The smallest absolute Gasteiger partial charge is 0.142 e.